The second-order valence-corrected chi connectivity index (χ2v) is 5.56. The van der Waals surface area contributed by atoms with Gasteiger partial charge in [-0.1, -0.05) is 29.8 Å². The Kier molecular flexibility index (Phi) is 3.43. The maximum Gasteiger partial charge on any atom is 0.249 e. The minimum Gasteiger partial charge on any atom is -0.366 e. The van der Waals surface area contributed by atoms with E-state index in [4.69, 9.17) is 17.3 Å². The molecule has 2 aromatic carbocycles. The van der Waals surface area contributed by atoms with Gasteiger partial charge >= 0.3 is 0 Å². The van der Waals surface area contributed by atoms with Crippen molar-refractivity contribution in [2.24, 2.45) is 5.73 Å². The molecule has 2 N–H and O–H groups in total. The number of carbonyl (C=O) groups excluding carboxylic acids is 1. The van der Waals surface area contributed by atoms with Gasteiger partial charge in [0.25, 0.3) is 0 Å². The van der Waals surface area contributed by atoms with Crippen LogP contribution in [0.5, 0.6) is 0 Å². The fourth-order valence-electron chi connectivity index (χ4n) is 2.66. The highest BCUT2D eigenvalue weighted by atomic mass is 35.5. The highest BCUT2D eigenvalue weighted by Gasteiger charge is 2.10. The van der Waals surface area contributed by atoms with Gasteiger partial charge in [0, 0.05) is 34.2 Å². The number of primary amides is 1. The fourth-order valence-corrected chi connectivity index (χ4v) is 2.83. The van der Waals surface area contributed by atoms with Crippen molar-refractivity contribution < 1.29 is 4.79 Å². The molecule has 0 fully saturated rings. The van der Waals surface area contributed by atoms with E-state index in [9.17, 15) is 4.79 Å². The van der Waals surface area contributed by atoms with E-state index in [1.165, 1.54) is 0 Å². The van der Waals surface area contributed by atoms with Crippen molar-refractivity contribution in [1.29, 1.82) is 0 Å². The van der Waals surface area contributed by atoms with Gasteiger partial charge in [0.15, 0.2) is 0 Å². The molecule has 1 aromatic heterocycles. The van der Waals surface area contributed by atoms with Crippen LogP contribution < -0.4 is 5.73 Å². The maximum atomic E-state index is 11.5. The first-order valence-corrected chi connectivity index (χ1v) is 7.07. The van der Waals surface area contributed by atoms with E-state index in [2.05, 4.69) is 17.7 Å². The molecule has 1 heterocycles. The molecule has 0 aliphatic carbocycles. The van der Waals surface area contributed by atoms with Crippen LogP contribution in [0, 0.1) is 6.92 Å². The van der Waals surface area contributed by atoms with Crippen LogP contribution in [0.2, 0.25) is 5.02 Å². The van der Waals surface area contributed by atoms with Gasteiger partial charge in [-0.05, 0) is 42.3 Å². The van der Waals surface area contributed by atoms with Crippen molar-refractivity contribution >= 4 is 28.4 Å². The smallest absolute Gasteiger partial charge is 0.249 e. The molecule has 0 atom stereocenters. The predicted octanol–water partition coefficient (Wildman–Crippen LogP) is 3.75. The molecule has 0 bridgehead atoms. The Morgan fingerprint density at radius 1 is 1.24 bits per heavy atom. The molecule has 0 saturated heterocycles. The third-order valence-electron chi connectivity index (χ3n) is 3.67. The van der Waals surface area contributed by atoms with E-state index in [1.807, 2.05) is 36.4 Å². The Labute approximate surface area is 127 Å². The van der Waals surface area contributed by atoms with E-state index in [-0.39, 0.29) is 0 Å². The van der Waals surface area contributed by atoms with Crippen molar-refractivity contribution in [1.82, 2.24) is 4.57 Å². The summed E-state index contributed by atoms with van der Waals surface area (Å²) >= 11 is 6.06. The lowest BCUT2D eigenvalue weighted by atomic mass is 10.1. The number of rotatable bonds is 3. The van der Waals surface area contributed by atoms with Gasteiger partial charge < -0.3 is 10.3 Å². The monoisotopic (exact) mass is 298 g/mol. The SMILES string of the molecule is Cc1cn(Cc2ccccc2C(N)=O)c2ccc(Cl)cc12. The molecule has 0 saturated carbocycles. The third-order valence-corrected chi connectivity index (χ3v) is 3.90. The molecule has 1 amide bonds. The number of aryl methyl sites for hydroxylation is 1. The van der Waals surface area contributed by atoms with Crippen LogP contribution in [-0.2, 0) is 6.54 Å². The molecule has 0 unspecified atom stereocenters. The molecular weight excluding hydrogens is 284 g/mol. The number of amides is 1. The van der Waals surface area contributed by atoms with Crippen LogP contribution in [0.1, 0.15) is 21.5 Å². The zero-order valence-electron chi connectivity index (χ0n) is 11.6. The quantitative estimate of drug-likeness (QED) is 0.786. The number of halogens is 1. The molecule has 0 radical (unpaired) electrons. The number of fused-ring (bicyclic) bond motifs is 1. The number of nitrogens with two attached hydrogens (primary N) is 1. The Balaban J connectivity index is 2.09. The fraction of sp³-hybridized carbons (Fsp3) is 0.118. The summed E-state index contributed by atoms with van der Waals surface area (Å²) in [5.74, 6) is -0.401. The number of aromatic nitrogens is 1. The van der Waals surface area contributed by atoms with Gasteiger partial charge in [0.1, 0.15) is 0 Å². The molecule has 106 valence electrons. The zero-order chi connectivity index (χ0) is 15.0. The highest BCUT2D eigenvalue weighted by Crippen LogP contribution is 2.25. The van der Waals surface area contributed by atoms with Crippen molar-refractivity contribution in [2.45, 2.75) is 13.5 Å². The topological polar surface area (TPSA) is 48.0 Å². The lowest BCUT2D eigenvalue weighted by molar-refractivity contribution is 0.0999. The average Bonchev–Trinajstić information content (AvgIpc) is 2.75. The van der Waals surface area contributed by atoms with Gasteiger partial charge in [0.2, 0.25) is 5.91 Å². The van der Waals surface area contributed by atoms with Crippen molar-refractivity contribution in [3.63, 3.8) is 0 Å². The summed E-state index contributed by atoms with van der Waals surface area (Å²) in [5, 5.41) is 1.85. The lowest BCUT2D eigenvalue weighted by Crippen LogP contribution is -2.14. The molecule has 0 spiro atoms. The number of carbonyl (C=O) groups is 1. The summed E-state index contributed by atoms with van der Waals surface area (Å²) < 4.78 is 2.11. The molecule has 3 aromatic rings. The highest BCUT2D eigenvalue weighted by molar-refractivity contribution is 6.31. The molecule has 0 aliphatic heterocycles. The Morgan fingerprint density at radius 3 is 2.76 bits per heavy atom. The average molecular weight is 299 g/mol. The van der Waals surface area contributed by atoms with Crippen molar-refractivity contribution in [2.75, 3.05) is 0 Å². The molecule has 4 heteroatoms. The first-order valence-electron chi connectivity index (χ1n) is 6.69. The van der Waals surface area contributed by atoms with E-state index in [1.54, 1.807) is 6.07 Å². The first-order chi connectivity index (χ1) is 10.1. The molecule has 3 rings (SSSR count). The largest absolute Gasteiger partial charge is 0.366 e. The van der Waals surface area contributed by atoms with E-state index >= 15 is 0 Å². The summed E-state index contributed by atoms with van der Waals surface area (Å²) in [7, 11) is 0. The van der Waals surface area contributed by atoms with Gasteiger partial charge in [-0.25, -0.2) is 0 Å². The minimum absolute atomic E-state index is 0.401. The van der Waals surface area contributed by atoms with Crippen LogP contribution in [-0.4, -0.2) is 10.5 Å². The Bertz CT molecular complexity index is 836. The summed E-state index contributed by atoms with van der Waals surface area (Å²) in [6.45, 7) is 2.65. The minimum atomic E-state index is -0.401. The molecular formula is C17H15ClN2O. The van der Waals surface area contributed by atoms with Crippen LogP contribution in [0.15, 0.2) is 48.7 Å². The van der Waals surface area contributed by atoms with Crippen LogP contribution in [0.25, 0.3) is 10.9 Å². The Morgan fingerprint density at radius 2 is 2.00 bits per heavy atom. The van der Waals surface area contributed by atoms with Gasteiger partial charge in [-0.3, -0.25) is 4.79 Å². The molecule has 21 heavy (non-hydrogen) atoms. The van der Waals surface area contributed by atoms with Gasteiger partial charge in [-0.15, -0.1) is 0 Å². The number of benzene rings is 2. The maximum absolute atomic E-state index is 11.5. The second kappa shape index (κ2) is 5.26. The summed E-state index contributed by atoms with van der Waals surface area (Å²) in [5.41, 5.74) is 9.17. The standard InChI is InChI=1S/C17H15ClN2O/c1-11-9-20(16-7-6-13(18)8-15(11)16)10-12-4-2-3-5-14(12)17(19)21/h2-9H,10H2,1H3,(H2,19,21). The molecule has 0 aliphatic rings. The predicted molar refractivity (Wildman–Crippen MR) is 85.7 cm³/mol. The zero-order valence-corrected chi connectivity index (χ0v) is 12.4. The molecule has 3 nitrogen and oxygen atoms in total. The van der Waals surface area contributed by atoms with E-state index in [0.717, 1.165) is 27.1 Å². The van der Waals surface area contributed by atoms with E-state index in [0.29, 0.717) is 12.1 Å². The van der Waals surface area contributed by atoms with Crippen LogP contribution in [0.3, 0.4) is 0 Å². The second-order valence-electron chi connectivity index (χ2n) is 5.12. The summed E-state index contributed by atoms with van der Waals surface area (Å²) in [6, 6.07) is 13.3. The van der Waals surface area contributed by atoms with E-state index < -0.39 is 5.91 Å². The normalized spacial score (nSPS) is 11.0. The van der Waals surface area contributed by atoms with Crippen LogP contribution >= 0.6 is 11.6 Å². The van der Waals surface area contributed by atoms with Gasteiger partial charge in [0.05, 0.1) is 0 Å². The van der Waals surface area contributed by atoms with Crippen molar-refractivity contribution in [3.8, 4) is 0 Å². The number of nitrogens with zero attached hydrogens (tertiary/aromatic N) is 1. The van der Waals surface area contributed by atoms with Gasteiger partial charge in [-0.2, -0.15) is 0 Å². The Hall–Kier alpha value is -2.26. The summed E-state index contributed by atoms with van der Waals surface area (Å²) in [6.07, 6.45) is 2.07. The van der Waals surface area contributed by atoms with Crippen LogP contribution in [0.4, 0.5) is 0 Å². The first kappa shape index (κ1) is 13.7. The lowest BCUT2D eigenvalue weighted by Gasteiger charge is -2.09. The number of hydrogen-bond acceptors (Lipinski definition) is 1. The summed E-state index contributed by atoms with van der Waals surface area (Å²) in [4.78, 5) is 11.5. The number of hydrogen-bond donors (Lipinski definition) is 1. The van der Waals surface area contributed by atoms with Crippen molar-refractivity contribution in [3.05, 3.63) is 70.4 Å². The third kappa shape index (κ3) is 2.52.